The third kappa shape index (κ3) is 3.23. The molecule has 2 aliphatic rings. The van der Waals surface area contributed by atoms with Gasteiger partial charge in [0.05, 0.1) is 11.7 Å². The van der Waals surface area contributed by atoms with Crippen molar-refractivity contribution < 1.29 is 14.3 Å². The number of benzene rings is 1. The number of hydrogen-bond donors (Lipinski definition) is 0. The SMILES string of the molecule is Cc1nc(-c2ncccn2)sc1C(=O)N1CCCC1c1cccc2c1OCCO2. The summed E-state index contributed by atoms with van der Waals surface area (Å²) in [7, 11) is 0. The first-order valence-corrected chi connectivity index (χ1v) is 10.5. The Bertz CT molecular complexity index is 1050. The molecule has 0 N–H and O–H groups in total. The summed E-state index contributed by atoms with van der Waals surface area (Å²) in [6.07, 6.45) is 5.21. The highest BCUT2D eigenvalue weighted by Gasteiger charge is 2.35. The summed E-state index contributed by atoms with van der Waals surface area (Å²) in [5, 5.41) is 0.663. The lowest BCUT2D eigenvalue weighted by Gasteiger charge is -2.28. The molecule has 1 amide bonds. The van der Waals surface area contributed by atoms with Crippen molar-refractivity contribution in [3.63, 3.8) is 0 Å². The second-order valence-corrected chi connectivity index (χ2v) is 8.03. The fraction of sp³-hybridized carbons (Fsp3) is 0.333. The molecule has 8 heteroatoms. The van der Waals surface area contributed by atoms with Gasteiger partial charge in [0, 0.05) is 24.5 Å². The number of aromatic nitrogens is 3. The lowest BCUT2D eigenvalue weighted by Crippen LogP contribution is -2.31. The van der Waals surface area contributed by atoms with Crippen LogP contribution in [-0.2, 0) is 0 Å². The van der Waals surface area contributed by atoms with Gasteiger partial charge >= 0.3 is 0 Å². The number of likely N-dealkylation sites (tertiary alicyclic amines) is 1. The second kappa shape index (κ2) is 7.44. The molecule has 5 rings (SSSR count). The molecule has 3 aromatic rings. The van der Waals surface area contributed by atoms with Crippen LogP contribution in [0.4, 0.5) is 0 Å². The first kappa shape index (κ1) is 18.1. The molecule has 1 unspecified atom stereocenters. The Morgan fingerprint density at radius 2 is 2.00 bits per heavy atom. The van der Waals surface area contributed by atoms with Gasteiger partial charge in [0.15, 0.2) is 22.3 Å². The number of thiazole rings is 1. The van der Waals surface area contributed by atoms with E-state index in [9.17, 15) is 4.79 Å². The van der Waals surface area contributed by atoms with Crippen LogP contribution in [0.2, 0.25) is 0 Å². The normalized spacial score (nSPS) is 18.1. The Morgan fingerprint density at radius 1 is 1.17 bits per heavy atom. The summed E-state index contributed by atoms with van der Waals surface area (Å²) < 4.78 is 11.6. The Kier molecular flexibility index (Phi) is 4.63. The van der Waals surface area contributed by atoms with Crippen LogP contribution in [0.3, 0.4) is 0 Å². The third-order valence-electron chi connectivity index (χ3n) is 5.22. The van der Waals surface area contributed by atoms with E-state index in [4.69, 9.17) is 9.47 Å². The number of carbonyl (C=O) groups is 1. The molecule has 1 saturated heterocycles. The number of aryl methyl sites for hydroxylation is 1. The number of fused-ring (bicyclic) bond motifs is 1. The summed E-state index contributed by atoms with van der Waals surface area (Å²) in [6, 6.07) is 7.65. The molecule has 1 aromatic carbocycles. The van der Waals surface area contributed by atoms with Crippen molar-refractivity contribution in [3.05, 3.63) is 52.8 Å². The standard InChI is InChI=1S/C21H20N4O3S/c1-13-18(29-20(24-13)19-22-8-4-9-23-19)21(26)25-10-3-6-15(25)14-5-2-7-16-17(14)28-12-11-27-16/h2,4-5,7-9,15H,3,6,10-12H2,1H3. The van der Waals surface area contributed by atoms with Gasteiger partial charge in [-0.25, -0.2) is 15.0 Å². The predicted octanol–water partition coefficient (Wildman–Crippen LogP) is 3.66. The molecule has 0 bridgehead atoms. The Morgan fingerprint density at radius 3 is 2.86 bits per heavy atom. The van der Waals surface area contributed by atoms with Crippen LogP contribution < -0.4 is 9.47 Å². The summed E-state index contributed by atoms with van der Waals surface area (Å²) >= 11 is 1.35. The van der Waals surface area contributed by atoms with Crippen molar-refractivity contribution in [1.82, 2.24) is 19.9 Å². The highest BCUT2D eigenvalue weighted by atomic mass is 32.1. The number of nitrogens with zero attached hydrogens (tertiary/aromatic N) is 4. The van der Waals surface area contributed by atoms with E-state index in [2.05, 4.69) is 15.0 Å². The van der Waals surface area contributed by atoms with Crippen LogP contribution in [0.5, 0.6) is 11.5 Å². The Hall–Kier alpha value is -3.00. The summed E-state index contributed by atoms with van der Waals surface area (Å²) in [6.45, 7) is 3.65. The summed E-state index contributed by atoms with van der Waals surface area (Å²) in [5.41, 5.74) is 1.73. The van der Waals surface area contributed by atoms with Crippen LogP contribution in [-0.4, -0.2) is 45.5 Å². The van der Waals surface area contributed by atoms with Gasteiger partial charge in [0.2, 0.25) is 0 Å². The van der Waals surface area contributed by atoms with Crippen LogP contribution >= 0.6 is 11.3 Å². The Labute approximate surface area is 172 Å². The molecule has 4 heterocycles. The quantitative estimate of drug-likeness (QED) is 0.658. The topological polar surface area (TPSA) is 77.4 Å². The number of amides is 1. The monoisotopic (exact) mass is 408 g/mol. The van der Waals surface area contributed by atoms with Crippen LogP contribution in [0, 0.1) is 6.92 Å². The largest absolute Gasteiger partial charge is 0.486 e. The van der Waals surface area contributed by atoms with Crippen molar-refractivity contribution in [2.24, 2.45) is 0 Å². The van der Waals surface area contributed by atoms with Crippen molar-refractivity contribution in [1.29, 1.82) is 0 Å². The first-order valence-electron chi connectivity index (χ1n) is 9.66. The average molecular weight is 408 g/mol. The zero-order valence-corrected chi connectivity index (χ0v) is 16.8. The maximum absolute atomic E-state index is 13.4. The van der Waals surface area contributed by atoms with E-state index in [1.165, 1.54) is 11.3 Å². The highest BCUT2D eigenvalue weighted by Crippen LogP contribution is 2.43. The van der Waals surface area contributed by atoms with E-state index in [-0.39, 0.29) is 11.9 Å². The summed E-state index contributed by atoms with van der Waals surface area (Å²) in [4.78, 5) is 29.1. The average Bonchev–Trinajstić information content (AvgIpc) is 3.40. The molecule has 1 fully saturated rings. The molecule has 2 aliphatic heterocycles. The van der Waals surface area contributed by atoms with Gasteiger partial charge in [-0.2, -0.15) is 0 Å². The maximum Gasteiger partial charge on any atom is 0.266 e. The molecule has 0 aliphatic carbocycles. The minimum atomic E-state index is -0.0305. The third-order valence-corrected chi connectivity index (χ3v) is 6.36. The fourth-order valence-corrected chi connectivity index (χ4v) is 4.89. The second-order valence-electron chi connectivity index (χ2n) is 7.03. The van der Waals surface area contributed by atoms with Gasteiger partial charge in [-0.05, 0) is 31.9 Å². The highest BCUT2D eigenvalue weighted by molar-refractivity contribution is 7.17. The number of carbonyl (C=O) groups excluding carboxylic acids is 1. The number of rotatable bonds is 3. The molecule has 7 nitrogen and oxygen atoms in total. The lowest BCUT2D eigenvalue weighted by molar-refractivity contribution is 0.0735. The Balaban J connectivity index is 1.47. The molecule has 148 valence electrons. The van der Waals surface area contributed by atoms with Gasteiger partial charge in [0.1, 0.15) is 18.1 Å². The van der Waals surface area contributed by atoms with E-state index < -0.39 is 0 Å². The van der Waals surface area contributed by atoms with Gasteiger partial charge in [-0.3, -0.25) is 4.79 Å². The van der Waals surface area contributed by atoms with Crippen LogP contribution in [0.1, 0.15) is 39.8 Å². The smallest absolute Gasteiger partial charge is 0.266 e. The molecule has 0 saturated carbocycles. The van der Waals surface area contributed by atoms with Gasteiger partial charge in [0.25, 0.3) is 5.91 Å². The van der Waals surface area contributed by atoms with E-state index in [0.29, 0.717) is 41.2 Å². The number of ether oxygens (including phenoxy) is 2. The fourth-order valence-electron chi connectivity index (χ4n) is 3.92. The molecule has 0 spiro atoms. The van der Waals surface area contributed by atoms with Crippen LogP contribution in [0.25, 0.3) is 10.8 Å². The first-order chi connectivity index (χ1) is 14.2. The van der Waals surface area contributed by atoms with E-state index in [1.807, 2.05) is 30.0 Å². The lowest BCUT2D eigenvalue weighted by atomic mass is 10.0. The van der Waals surface area contributed by atoms with E-state index >= 15 is 0 Å². The molecule has 1 atom stereocenters. The van der Waals surface area contributed by atoms with Crippen LogP contribution in [0.15, 0.2) is 36.7 Å². The zero-order valence-electron chi connectivity index (χ0n) is 16.0. The van der Waals surface area contributed by atoms with Crippen molar-refractivity contribution in [2.75, 3.05) is 19.8 Å². The van der Waals surface area contributed by atoms with E-state index in [0.717, 1.165) is 29.9 Å². The minimum absolute atomic E-state index is 0.000915. The number of hydrogen-bond acceptors (Lipinski definition) is 7. The van der Waals surface area contributed by atoms with E-state index in [1.54, 1.807) is 18.5 Å². The molecule has 0 radical (unpaired) electrons. The molecular formula is C21H20N4O3S. The van der Waals surface area contributed by atoms with Gasteiger partial charge < -0.3 is 14.4 Å². The van der Waals surface area contributed by atoms with Gasteiger partial charge in [-0.15, -0.1) is 11.3 Å². The number of para-hydroxylation sites is 1. The molecular weight excluding hydrogens is 388 g/mol. The zero-order chi connectivity index (χ0) is 19.8. The van der Waals surface area contributed by atoms with Crippen molar-refractivity contribution in [2.45, 2.75) is 25.8 Å². The molecule has 29 heavy (non-hydrogen) atoms. The summed E-state index contributed by atoms with van der Waals surface area (Å²) in [5.74, 6) is 2.06. The van der Waals surface area contributed by atoms with Gasteiger partial charge in [-0.1, -0.05) is 12.1 Å². The van der Waals surface area contributed by atoms with Crippen molar-refractivity contribution in [3.8, 4) is 22.3 Å². The maximum atomic E-state index is 13.4. The predicted molar refractivity (Wildman–Crippen MR) is 108 cm³/mol. The molecule has 2 aromatic heterocycles. The van der Waals surface area contributed by atoms with Crippen molar-refractivity contribution >= 4 is 17.2 Å². The minimum Gasteiger partial charge on any atom is -0.486 e.